The second-order valence-electron chi connectivity index (χ2n) is 8.63. The van der Waals surface area contributed by atoms with Crippen molar-refractivity contribution in [2.75, 3.05) is 52.7 Å². The van der Waals surface area contributed by atoms with Crippen LogP contribution in [0.3, 0.4) is 0 Å². The number of aliphatic hydroxyl groups excluding tert-OH is 1. The maximum absolute atomic E-state index is 9.97. The quantitative estimate of drug-likeness (QED) is 0.513. The van der Waals surface area contributed by atoms with Gasteiger partial charge in [-0.2, -0.15) is 0 Å². The van der Waals surface area contributed by atoms with Crippen molar-refractivity contribution in [3.63, 3.8) is 0 Å². The standard InChI is InChI=1S/C19H38ClN2O.ClH/c1-5-15-10-21(3)11-17(15)7-8-18-13-22(4,12-16(18)6-2)14-19(23)9-20;/h15-19,23H,5-14H2,1-4H3;1H/q+1;. The summed E-state index contributed by atoms with van der Waals surface area (Å²) in [6, 6.07) is 0. The minimum absolute atomic E-state index is 0. The summed E-state index contributed by atoms with van der Waals surface area (Å²) in [4.78, 5) is 2.52. The van der Waals surface area contributed by atoms with Crippen molar-refractivity contribution in [1.82, 2.24) is 4.90 Å². The molecular formula is C19H39Cl2N2O+. The Kier molecular flexibility index (Phi) is 9.34. The number of likely N-dealkylation sites (N-methyl/N-ethyl adjacent to an activating group) is 1. The van der Waals surface area contributed by atoms with Crippen LogP contribution in [0.15, 0.2) is 0 Å². The van der Waals surface area contributed by atoms with E-state index in [9.17, 15) is 5.11 Å². The molecule has 0 radical (unpaired) electrons. The molecular weight excluding hydrogens is 343 g/mol. The Labute approximate surface area is 160 Å². The lowest BCUT2D eigenvalue weighted by molar-refractivity contribution is -0.903. The van der Waals surface area contributed by atoms with Gasteiger partial charge in [0.05, 0.1) is 26.0 Å². The molecule has 2 rings (SSSR count). The van der Waals surface area contributed by atoms with E-state index in [0.29, 0.717) is 5.88 Å². The van der Waals surface area contributed by atoms with Crippen molar-refractivity contribution in [2.45, 2.75) is 45.6 Å². The zero-order valence-corrected chi connectivity index (χ0v) is 17.7. The molecule has 3 nitrogen and oxygen atoms in total. The van der Waals surface area contributed by atoms with Gasteiger partial charge in [0.15, 0.2) is 0 Å². The predicted molar refractivity (Wildman–Crippen MR) is 106 cm³/mol. The molecule has 0 amide bonds. The fraction of sp³-hybridized carbons (Fsp3) is 1.00. The zero-order chi connectivity index (χ0) is 17.0. The molecule has 6 unspecified atom stereocenters. The first-order chi connectivity index (χ1) is 10.9. The molecule has 2 fully saturated rings. The summed E-state index contributed by atoms with van der Waals surface area (Å²) in [5.41, 5.74) is 0. The fourth-order valence-corrected chi connectivity index (χ4v) is 5.49. The van der Waals surface area contributed by atoms with Gasteiger partial charge in [-0.15, -0.1) is 24.0 Å². The van der Waals surface area contributed by atoms with Crippen molar-refractivity contribution >= 4 is 24.0 Å². The van der Waals surface area contributed by atoms with E-state index in [-0.39, 0.29) is 18.5 Å². The number of alkyl halides is 1. The van der Waals surface area contributed by atoms with E-state index < -0.39 is 0 Å². The van der Waals surface area contributed by atoms with Crippen molar-refractivity contribution in [2.24, 2.45) is 23.7 Å². The number of halogens is 2. The lowest BCUT2D eigenvalue weighted by atomic mass is 9.83. The molecule has 6 atom stereocenters. The van der Waals surface area contributed by atoms with Crippen molar-refractivity contribution in [1.29, 1.82) is 0 Å². The molecule has 0 saturated carbocycles. The van der Waals surface area contributed by atoms with Gasteiger partial charge in [0.1, 0.15) is 12.6 Å². The molecule has 2 aliphatic heterocycles. The molecule has 5 heteroatoms. The van der Waals surface area contributed by atoms with Crippen LogP contribution in [-0.4, -0.2) is 73.3 Å². The number of likely N-dealkylation sites (tertiary alicyclic amines) is 2. The smallest absolute Gasteiger partial charge is 0.116 e. The Hall–Kier alpha value is 0.460. The SMILES string of the molecule is CCC1CN(C)CC1CCC1C[N+](C)(CC(O)CCl)CC1CC.Cl. The summed E-state index contributed by atoms with van der Waals surface area (Å²) >= 11 is 5.83. The highest BCUT2D eigenvalue weighted by molar-refractivity contribution is 6.18. The molecule has 2 saturated heterocycles. The van der Waals surface area contributed by atoms with Gasteiger partial charge >= 0.3 is 0 Å². The van der Waals surface area contributed by atoms with Gasteiger partial charge < -0.3 is 14.5 Å². The molecule has 24 heavy (non-hydrogen) atoms. The zero-order valence-electron chi connectivity index (χ0n) is 16.1. The summed E-state index contributed by atoms with van der Waals surface area (Å²) in [6.07, 6.45) is 5.01. The molecule has 0 aromatic rings. The predicted octanol–water partition coefficient (Wildman–Crippen LogP) is 3.48. The Morgan fingerprint density at radius 3 is 2.17 bits per heavy atom. The van der Waals surface area contributed by atoms with Crippen molar-refractivity contribution in [3.05, 3.63) is 0 Å². The van der Waals surface area contributed by atoms with Gasteiger partial charge in [0.25, 0.3) is 0 Å². The van der Waals surface area contributed by atoms with Crippen LogP contribution in [-0.2, 0) is 0 Å². The highest BCUT2D eigenvalue weighted by Crippen LogP contribution is 2.37. The van der Waals surface area contributed by atoms with Crippen LogP contribution in [0, 0.1) is 23.7 Å². The normalized spacial score (nSPS) is 38.2. The van der Waals surface area contributed by atoms with Gasteiger partial charge in [0.2, 0.25) is 0 Å². The number of hydrogen-bond donors (Lipinski definition) is 1. The van der Waals surface area contributed by atoms with Crippen LogP contribution < -0.4 is 0 Å². The second-order valence-corrected chi connectivity index (χ2v) is 8.94. The first-order valence-corrected chi connectivity index (χ1v) is 10.2. The molecule has 1 N–H and O–H groups in total. The van der Waals surface area contributed by atoms with Gasteiger partial charge in [-0.25, -0.2) is 0 Å². The summed E-state index contributed by atoms with van der Waals surface area (Å²) < 4.78 is 1.01. The van der Waals surface area contributed by atoms with Gasteiger partial charge in [-0.1, -0.05) is 20.3 Å². The average Bonchev–Trinajstić information content (AvgIpc) is 3.04. The lowest BCUT2D eigenvalue weighted by Gasteiger charge is -2.31. The topological polar surface area (TPSA) is 23.5 Å². The summed E-state index contributed by atoms with van der Waals surface area (Å²) in [7, 11) is 4.59. The molecule has 2 aliphatic rings. The Morgan fingerprint density at radius 2 is 1.58 bits per heavy atom. The minimum Gasteiger partial charge on any atom is -0.386 e. The highest BCUT2D eigenvalue weighted by atomic mass is 35.5. The third-order valence-electron chi connectivity index (χ3n) is 6.56. The highest BCUT2D eigenvalue weighted by Gasteiger charge is 2.42. The summed E-state index contributed by atoms with van der Waals surface area (Å²) in [5.74, 6) is 3.82. The summed E-state index contributed by atoms with van der Waals surface area (Å²) in [6.45, 7) is 10.5. The maximum atomic E-state index is 9.97. The van der Waals surface area contributed by atoms with E-state index in [1.54, 1.807) is 0 Å². The van der Waals surface area contributed by atoms with E-state index in [4.69, 9.17) is 11.6 Å². The van der Waals surface area contributed by atoms with E-state index in [0.717, 1.165) is 34.7 Å². The van der Waals surface area contributed by atoms with Crippen molar-refractivity contribution in [3.8, 4) is 0 Å². The van der Waals surface area contributed by atoms with Crippen LogP contribution in [0.5, 0.6) is 0 Å². The monoisotopic (exact) mass is 381 g/mol. The Bertz CT molecular complexity index is 371. The molecule has 0 aromatic carbocycles. The van der Waals surface area contributed by atoms with E-state index in [1.165, 1.54) is 51.9 Å². The van der Waals surface area contributed by atoms with Crippen LogP contribution in [0.25, 0.3) is 0 Å². The number of quaternary nitrogens is 1. The van der Waals surface area contributed by atoms with Crippen molar-refractivity contribution < 1.29 is 9.59 Å². The molecule has 144 valence electrons. The summed E-state index contributed by atoms with van der Waals surface area (Å²) in [5, 5.41) is 9.97. The molecule has 0 bridgehead atoms. The van der Waals surface area contributed by atoms with Crippen LogP contribution in [0.1, 0.15) is 39.5 Å². The number of aliphatic hydroxyl groups is 1. The number of hydrogen-bond acceptors (Lipinski definition) is 2. The first kappa shape index (κ1) is 22.5. The Morgan fingerprint density at radius 1 is 1.04 bits per heavy atom. The first-order valence-electron chi connectivity index (χ1n) is 9.66. The lowest BCUT2D eigenvalue weighted by Crippen LogP contribution is -2.47. The molecule has 2 heterocycles. The Balaban J connectivity index is 0.00000288. The van der Waals surface area contributed by atoms with E-state index in [1.807, 2.05) is 0 Å². The van der Waals surface area contributed by atoms with Gasteiger partial charge in [-0.3, -0.25) is 0 Å². The number of rotatable bonds is 8. The third-order valence-corrected chi connectivity index (χ3v) is 6.92. The molecule has 0 aliphatic carbocycles. The number of nitrogens with zero attached hydrogens (tertiary/aromatic N) is 2. The molecule has 0 spiro atoms. The minimum atomic E-state index is -0.356. The van der Waals surface area contributed by atoms with Gasteiger partial charge in [0, 0.05) is 24.9 Å². The van der Waals surface area contributed by atoms with Crippen LogP contribution in [0.4, 0.5) is 0 Å². The molecule has 0 aromatic heterocycles. The van der Waals surface area contributed by atoms with Crippen LogP contribution in [0.2, 0.25) is 0 Å². The average molecular weight is 382 g/mol. The fourth-order valence-electron chi connectivity index (χ4n) is 5.39. The maximum Gasteiger partial charge on any atom is 0.116 e. The van der Waals surface area contributed by atoms with Crippen LogP contribution >= 0.6 is 24.0 Å². The second kappa shape index (κ2) is 9.97. The van der Waals surface area contributed by atoms with E-state index >= 15 is 0 Å². The third kappa shape index (κ3) is 5.74. The largest absolute Gasteiger partial charge is 0.386 e. The van der Waals surface area contributed by atoms with Gasteiger partial charge in [-0.05, 0) is 38.1 Å². The van der Waals surface area contributed by atoms with E-state index in [2.05, 4.69) is 32.8 Å².